The lowest BCUT2D eigenvalue weighted by Gasteiger charge is -2.11. The van der Waals surface area contributed by atoms with Crippen LogP contribution in [0.1, 0.15) is 25.6 Å². The predicted molar refractivity (Wildman–Crippen MR) is 57.1 cm³/mol. The average Bonchev–Trinajstić information content (AvgIpc) is 2.32. The molecule has 0 nitrogen and oxygen atoms in total. The molecule has 0 radical (unpaired) electrons. The summed E-state index contributed by atoms with van der Waals surface area (Å²) in [5.41, 5.74) is 0.329. The zero-order valence-electron chi connectivity index (χ0n) is 7.68. The third-order valence-electron chi connectivity index (χ3n) is 1.40. The van der Waals surface area contributed by atoms with Crippen LogP contribution in [0.3, 0.4) is 0 Å². The van der Waals surface area contributed by atoms with Gasteiger partial charge in [0.2, 0.25) is 0 Å². The van der Waals surface area contributed by atoms with Crippen LogP contribution in [0.4, 0.5) is 0 Å². The normalized spacial score (nSPS) is 11.0. The molecule has 1 heterocycles. The van der Waals surface area contributed by atoms with Crippen LogP contribution in [0.15, 0.2) is 10.3 Å². The molecule has 0 unspecified atom stereocenters. The van der Waals surface area contributed by atoms with Gasteiger partial charge in [0.25, 0.3) is 4.21 Å². The molecule has 70 valence electrons. The fourth-order valence-corrected chi connectivity index (χ4v) is 4.56. The van der Waals surface area contributed by atoms with E-state index in [9.17, 15) is 0 Å². The monoisotopic (exact) mass is 332 g/mol. The molecule has 0 atom stereocenters. The first kappa shape index (κ1) is 13.1. The van der Waals surface area contributed by atoms with Crippen molar-refractivity contribution in [3.63, 3.8) is 0 Å². The van der Waals surface area contributed by atoms with Crippen LogP contribution in [-0.4, -0.2) is 6.26 Å². The Kier molecular flexibility index (Phi) is 5.60. The molecule has 1 rings (SSSR count). The van der Waals surface area contributed by atoms with Crippen LogP contribution in [0.25, 0.3) is 0 Å². The second-order valence-electron chi connectivity index (χ2n) is 3.45. The van der Waals surface area contributed by atoms with Gasteiger partial charge >= 0.3 is 10.3 Å². The first-order chi connectivity index (χ1) is 5.04. The minimum atomic E-state index is 0. The summed E-state index contributed by atoms with van der Waals surface area (Å²) >= 11 is 1.83. The van der Waals surface area contributed by atoms with Crippen molar-refractivity contribution in [2.75, 3.05) is 6.26 Å². The zero-order valence-corrected chi connectivity index (χ0v) is 12.3. The Morgan fingerprint density at radius 2 is 2.00 bits per heavy atom. The molecule has 0 saturated carbocycles. The zero-order chi connectivity index (χ0) is 8.48. The van der Waals surface area contributed by atoms with E-state index in [2.05, 4.69) is 33.1 Å². The molecule has 4 heteroatoms. The number of hydrogen-bond acceptors (Lipinski definition) is 2. The fraction of sp³-hybridized carbons (Fsp3) is 0.625. The van der Waals surface area contributed by atoms with E-state index in [1.165, 1.54) is 9.09 Å². The van der Waals surface area contributed by atoms with Crippen LogP contribution >= 0.6 is 32.4 Å². The van der Waals surface area contributed by atoms with Gasteiger partial charge in [0.1, 0.15) is 0 Å². The lowest BCUT2D eigenvalue weighted by Crippen LogP contribution is -3.00. The summed E-state index contributed by atoms with van der Waals surface area (Å²) in [6.45, 7) is 6.78. The summed E-state index contributed by atoms with van der Waals surface area (Å²) < 4.78 is 1.43. The molecule has 0 aromatic carbocycles. The van der Waals surface area contributed by atoms with Crippen molar-refractivity contribution in [1.29, 1.82) is 0 Å². The molecule has 0 aliphatic carbocycles. The van der Waals surface area contributed by atoms with Crippen LogP contribution in [-0.2, 0) is 5.41 Å². The van der Waals surface area contributed by atoms with Crippen molar-refractivity contribution in [3.8, 4) is 0 Å². The predicted octanol–water partition coefficient (Wildman–Crippen LogP) is 1.11. The molecule has 0 saturated heterocycles. The summed E-state index contributed by atoms with van der Waals surface area (Å²) in [5.74, 6) is 0. The van der Waals surface area contributed by atoms with Gasteiger partial charge in [-0.05, 0) is 6.26 Å². The van der Waals surface area contributed by atoms with Crippen molar-refractivity contribution < 1.29 is 24.0 Å². The van der Waals surface area contributed by atoms with Crippen molar-refractivity contribution >= 4 is 32.4 Å². The standard InChI is InChI=1S/C8H13S3.HI/c1-8(2,3)6-5-7(9-4)11-10-6;/h5H,1-4H3;1H/q+1;/p-1. The maximum Gasteiger partial charge on any atom is 0.307 e. The van der Waals surface area contributed by atoms with Crippen molar-refractivity contribution in [3.05, 3.63) is 10.9 Å². The van der Waals surface area contributed by atoms with E-state index in [0.29, 0.717) is 5.41 Å². The first-order valence-electron chi connectivity index (χ1n) is 3.51. The van der Waals surface area contributed by atoms with Crippen LogP contribution in [0, 0.1) is 0 Å². The van der Waals surface area contributed by atoms with Gasteiger partial charge in [-0.3, -0.25) is 0 Å². The van der Waals surface area contributed by atoms with Gasteiger partial charge in [-0.2, -0.15) is 0 Å². The number of thioether (sulfide) groups is 1. The molecular formula is C8H13IS3. The van der Waals surface area contributed by atoms with Gasteiger partial charge in [-0.25, -0.2) is 0 Å². The topological polar surface area (TPSA) is 0 Å². The fourth-order valence-electron chi connectivity index (χ4n) is 0.676. The van der Waals surface area contributed by atoms with E-state index < -0.39 is 0 Å². The van der Waals surface area contributed by atoms with Crippen molar-refractivity contribution in [2.45, 2.75) is 30.4 Å². The van der Waals surface area contributed by atoms with Gasteiger partial charge in [-0.15, -0.1) is 0 Å². The van der Waals surface area contributed by atoms with Gasteiger partial charge in [0.05, 0.1) is 4.88 Å². The Bertz CT molecular complexity index is 237. The number of hydrogen-bond donors (Lipinski definition) is 0. The third-order valence-corrected chi connectivity index (χ3v) is 5.59. The van der Waals surface area contributed by atoms with Gasteiger partial charge in [-0.1, -0.05) is 32.5 Å². The maximum atomic E-state index is 2.31. The Balaban J connectivity index is 0.00000121. The minimum absolute atomic E-state index is 0. The molecule has 0 fully saturated rings. The molecule has 0 spiro atoms. The summed E-state index contributed by atoms with van der Waals surface area (Å²) in [5, 5.41) is 0. The SMILES string of the molecule is CSc1cc(C(C)(C)C)s[s+]1.[I-]. The van der Waals surface area contributed by atoms with E-state index in [4.69, 9.17) is 0 Å². The maximum absolute atomic E-state index is 2.31. The van der Waals surface area contributed by atoms with Crippen LogP contribution < -0.4 is 24.0 Å². The van der Waals surface area contributed by atoms with Gasteiger partial charge < -0.3 is 24.0 Å². The molecule has 0 aliphatic rings. The Morgan fingerprint density at radius 1 is 1.42 bits per heavy atom. The second-order valence-corrected chi connectivity index (χ2v) is 6.77. The second kappa shape index (κ2) is 5.12. The van der Waals surface area contributed by atoms with Crippen LogP contribution in [0.2, 0.25) is 0 Å². The molecular weight excluding hydrogens is 319 g/mol. The molecule has 1 aromatic heterocycles. The lowest BCUT2D eigenvalue weighted by atomic mass is 9.95. The summed E-state index contributed by atoms with van der Waals surface area (Å²) in [7, 11) is 3.78. The first-order valence-corrected chi connectivity index (χ1v) is 6.89. The molecule has 0 bridgehead atoms. The third kappa shape index (κ3) is 3.47. The summed E-state index contributed by atoms with van der Waals surface area (Å²) in [6.07, 6.45) is 2.13. The summed E-state index contributed by atoms with van der Waals surface area (Å²) in [4.78, 5) is 1.49. The van der Waals surface area contributed by atoms with E-state index >= 15 is 0 Å². The minimum Gasteiger partial charge on any atom is -1.00 e. The molecule has 0 aliphatic heterocycles. The quantitative estimate of drug-likeness (QED) is 0.321. The van der Waals surface area contributed by atoms with E-state index in [-0.39, 0.29) is 24.0 Å². The van der Waals surface area contributed by atoms with Crippen LogP contribution in [0.5, 0.6) is 0 Å². The van der Waals surface area contributed by atoms with Gasteiger partial charge in [0.15, 0.2) is 10.3 Å². The highest BCUT2D eigenvalue weighted by molar-refractivity contribution is 8.02. The summed E-state index contributed by atoms with van der Waals surface area (Å²) in [6, 6.07) is 2.31. The Hall–Kier alpha value is 1.13. The number of rotatable bonds is 1. The highest BCUT2D eigenvalue weighted by Crippen LogP contribution is 2.36. The van der Waals surface area contributed by atoms with Crippen molar-refractivity contribution in [1.82, 2.24) is 0 Å². The van der Waals surface area contributed by atoms with E-state index in [1.54, 1.807) is 0 Å². The average molecular weight is 332 g/mol. The molecule has 12 heavy (non-hydrogen) atoms. The van der Waals surface area contributed by atoms with Crippen molar-refractivity contribution in [2.24, 2.45) is 0 Å². The van der Waals surface area contributed by atoms with E-state index in [1.807, 2.05) is 32.4 Å². The molecule has 0 amide bonds. The Labute approximate surface area is 103 Å². The highest BCUT2D eigenvalue weighted by atomic mass is 127. The largest absolute Gasteiger partial charge is 1.00 e. The molecule has 1 aromatic rings. The smallest absolute Gasteiger partial charge is 0.307 e. The number of halogens is 1. The lowest BCUT2D eigenvalue weighted by molar-refractivity contribution is -0.00000263. The Morgan fingerprint density at radius 3 is 2.25 bits per heavy atom. The van der Waals surface area contributed by atoms with E-state index in [0.717, 1.165) is 0 Å². The van der Waals surface area contributed by atoms with Gasteiger partial charge in [0, 0.05) is 11.5 Å². The highest BCUT2D eigenvalue weighted by Gasteiger charge is 2.22. The molecule has 0 N–H and O–H groups in total.